The highest BCUT2D eigenvalue weighted by Gasteiger charge is 2.28. The summed E-state index contributed by atoms with van der Waals surface area (Å²) in [7, 11) is 1.62. The minimum Gasteiger partial charge on any atom is -0.497 e. The van der Waals surface area contributed by atoms with Gasteiger partial charge < -0.3 is 9.64 Å². The molecule has 3 heteroatoms. The molecule has 138 valence electrons. The molecule has 3 aromatic rings. The van der Waals surface area contributed by atoms with E-state index in [0.717, 1.165) is 16.9 Å². The van der Waals surface area contributed by atoms with E-state index in [-0.39, 0.29) is 18.0 Å². The van der Waals surface area contributed by atoms with Gasteiger partial charge in [-0.1, -0.05) is 60.7 Å². The summed E-state index contributed by atoms with van der Waals surface area (Å²) in [5.74, 6) is 0.746. The van der Waals surface area contributed by atoms with Gasteiger partial charge in [0.1, 0.15) is 5.75 Å². The first-order chi connectivity index (χ1) is 13.1. The van der Waals surface area contributed by atoms with Gasteiger partial charge in [0.15, 0.2) is 0 Å². The molecule has 0 spiro atoms. The molecule has 0 radical (unpaired) electrons. The number of hydrogen-bond donors (Lipinski definition) is 0. The molecular formula is C24H25NO2. The van der Waals surface area contributed by atoms with Crippen LogP contribution in [-0.4, -0.2) is 17.9 Å². The van der Waals surface area contributed by atoms with Crippen molar-refractivity contribution < 1.29 is 9.53 Å². The van der Waals surface area contributed by atoms with Crippen LogP contribution in [0.25, 0.3) is 0 Å². The third kappa shape index (κ3) is 4.20. The number of benzene rings is 3. The van der Waals surface area contributed by atoms with E-state index in [1.54, 1.807) is 7.11 Å². The Morgan fingerprint density at radius 3 is 1.59 bits per heavy atom. The second-order valence-corrected chi connectivity index (χ2v) is 6.61. The molecule has 0 saturated heterocycles. The van der Waals surface area contributed by atoms with Gasteiger partial charge in [0.25, 0.3) is 5.91 Å². The fourth-order valence-corrected chi connectivity index (χ4v) is 3.35. The molecule has 0 fully saturated rings. The Bertz CT molecular complexity index is 814. The van der Waals surface area contributed by atoms with Crippen molar-refractivity contribution in [3.63, 3.8) is 0 Å². The SMILES string of the molecule is COc1ccc(C(=O)N([C@H](C)c2ccccc2)[C@@H](C)c2ccccc2)cc1. The van der Waals surface area contributed by atoms with Crippen molar-refractivity contribution in [1.29, 1.82) is 0 Å². The molecule has 0 bridgehead atoms. The van der Waals surface area contributed by atoms with E-state index >= 15 is 0 Å². The normalized spacial score (nSPS) is 12.9. The average molecular weight is 359 g/mol. The molecule has 0 aromatic heterocycles. The van der Waals surface area contributed by atoms with Gasteiger partial charge in [-0.3, -0.25) is 4.79 Å². The van der Waals surface area contributed by atoms with E-state index in [2.05, 4.69) is 38.1 Å². The molecular weight excluding hydrogens is 334 g/mol. The number of carbonyl (C=O) groups excluding carboxylic acids is 1. The lowest BCUT2D eigenvalue weighted by atomic mass is 9.99. The summed E-state index contributed by atoms with van der Waals surface area (Å²) in [4.78, 5) is 15.4. The lowest BCUT2D eigenvalue weighted by Gasteiger charge is -2.35. The van der Waals surface area contributed by atoms with Crippen molar-refractivity contribution in [2.45, 2.75) is 25.9 Å². The smallest absolute Gasteiger partial charge is 0.254 e. The van der Waals surface area contributed by atoms with Gasteiger partial charge in [-0.05, 0) is 49.2 Å². The van der Waals surface area contributed by atoms with Gasteiger partial charge >= 0.3 is 0 Å². The Balaban J connectivity index is 1.99. The molecule has 0 aliphatic heterocycles. The van der Waals surface area contributed by atoms with E-state index < -0.39 is 0 Å². The van der Waals surface area contributed by atoms with Crippen molar-refractivity contribution in [3.8, 4) is 5.75 Å². The summed E-state index contributed by atoms with van der Waals surface area (Å²) in [6.07, 6.45) is 0. The van der Waals surface area contributed by atoms with Crippen LogP contribution < -0.4 is 4.74 Å². The number of methoxy groups -OCH3 is 1. The van der Waals surface area contributed by atoms with Gasteiger partial charge in [0.05, 0.1) is 19.2 Å². The predicted octanol–water partition coefficient (Wildman–Crippen LogP) is 5.66. The number of amides is 1. The third-order valence-electron chi connectivity index (χ3n) is 4.97. The fraction of sp³-hybridized carbons (Fsp3) is 0.208. The molecule has 0 saturated carbocycles. The first-order valence-electron chi connectivity index (χ1n) is 9.18. The minimum absolute atomic E-state index is 0.00496. The van der Waals surface area contributed by atoms with Crippen molar-refractivity contribution in [2.75, 3.05) is 7.11 Å². The summed E-state index contributed by atoms with van der Waals surface area (Å²) < 4.78 is 5.22. The molecule has 0 aliphatic rings. The molecule has 0 heterocycles. The standard InChI is InChI=1S/C24H25NO2/c1-18(20-10-6-4-7-11-20)25(19(2)21-12-8-5-9-13-21)24(26)22-14-16-23(27-3)17-15-22/h4-19H,1-3H3/t18-,19+. The highest BCUT2D eigenvalue weighted by atomic mass is 16.5. The maximum atomic E-state index is 13.5. The highest BCUT2D eigenvalue weighted by Crippen LogP contribution is 2.32. The van der Waals surface area contributed by atoms with Crippen LogP contribution in [-0.2, 0) is 0 Å². The number of rotatable bonds is 6. The van der Waals surface area contributed by atoms with Gasteiger partial charge in [0, 0.05) is 5.56 Å². The predicted molar refractivity (Wildman–Crippen MR) is 109 cm³/mol. The zero-order valence-corrected chi connectivity index (χ0v) is 16.0. The van der Waals surface area contributed by atoms with Crippen LogP contribution in [0.1, 0.15) is 47.4 Å². The molecule has 0 unspecified atom stereocenters. The van der Waals surface area contributed by atoms with Crippen LogP contribution in [0, 0.1) is 0 Å². The molecule has 3 nitrogen and oxygen atoms in total. The third-order valence-corrected chi connectivity index (χ3v) is 4.97. The summed E-state index contributed by atoms with van der Waals surface area (Å²) in [5.41, 5.74) is 2.88. The number of hydrogen-bond acceptors (Lipinski definition) is 2. The molecule has 0 N–H and O–H groups in total. The Morgan fingerprint density at radius 1 is 0.741 bits per heavy atom. The van der Waals surface area contributed by atoms with Crippen molar-refractivity contribution in [3.05, 3.63) is 102 Å². The summed E-state index contributed by atoms with van der Waals surface area (Å²) in [5, 5.41) is 0. The zero-order chi connectivity index (χ0) is 19.2. The Labute approximate surface area is 161 Å². The van der Waals surface area contributed by atoms with E-state index in [9.17, 15) is 4.79 Å². The van der Waals surface area contributed by atoms with Gasteiger partial charge in [-0.15, -0.1) is 0 Å². The van der Waals surface area contributed by atoms with Gasteiger partial charge in [0.2, 0.25) is 0 Å². The zero-order valence-electron chi connectivity index (χ0n) is 16.0. The van der Waals surface area contributed by atoms with E-state index in [1.165, 1.54) is 0 Å². The van der Waals surface area contributed by atoms with Gasteiger partial charge in [-0.25, -0.2) is 0 Å². The van der Waals surface area contributed by atoms with Gasteiger partial charge in [-0.2, -0.15) is 0 Å². The van der Waals surface area contributed by atoms with Crippen LogP contribution in [0.3, 0.4) is 0 Å². The van der Waals surface area contributed by atoms with Crippen molar-refractivity contribution >= 4 is 5.91 Å². The van der Waals surface area contributed by atoms with Crippen LogP contribution in [0.2, 0.25) is 0 Å². The quantitative estimate of drug-likeness (QED) is 0.568. The van der Waals surface area contributed by atoms with Crippen molar-refractivity contribution in [2.24, 2.45) is 0 Å². The Kier molecular flexibility index (Phi) is 5.92. The molecule has 1 amide bonds. The van der Waals surface area contributed by atoms with E-state index in [4.69, 9.17) is 4.74 Å². The average Bonchev–Trinajstić information content (AvgIpc) is 2.75. The lowest BCUT2D eigenvalue weighted by Crippen LogP contribution is -2.36. The topological polar surface area (TPSA) is 29.5 Å². The van der Waals surface area contributed by atoms with Crippen LogP contribution in [0.5, 0.6) is 5.75 Å². The van der Waals surface area contributed by atoms with Crippen LogP contribution >= 0.6 is 0 Å². The monoisotopic (exact) mass is 359 g/mol. The lowest BCUT2D eigenvalue weighted by molar-refractivity contribution is 0.0604. The van der Waals surface area contributed by atoms with Crippen molar-refractivity contribution in [1.82, 2.24) is 4.90 Å². The molecule has 2 atom stereocenters. The Morgan fingerprint density at radius 2 is 1.19 bits per heavy atom. The van der Waals surface area contributed by atoms with Crippen LogP contribution in [0.15, 0.2) is 84.9 Å². The summed E-state index contributed by atoms with van der Waals surface area (Å²) >= 11 is 0. The van der Waals surface area contributed by atoms with E-state index in [0.29, 0.717) is 5.56 Å². The highest BCUT2D eigenvalue weighted by molar-refractivity contribution is 5.95. The molecule has 27 heavy (non-hydrogen) atoms. The number of nitrogens with zero attached hydrogens (tertiary/aromatic N) is 1. The first-order valence-corrected chi connectivity index (χ1v) is 9.18. The summed E-state index contributed by atoms with van der Waals surface area (Å²) in [6.45, 7) is 4.16. The number of ether oxygens (including phenoxy) is 1. The maximum Gasteiger partial charge on any atom is 0.254 e. The maximum absolute atomic E-state index is 13.5. The fourth-order valence-electron chi connectivity index (χ4n) is 3.35. The largest absolute Gasteiger partial charge is 0.497 e. The number of carbonyl (C=O) groups is 1. The van der Waals surface area contributed by atoms with Crippen LogP contribution in [0.4, 0.5) is 0 Å². The summed E-state index contributed by atoms with van der Waals surface area (Å²) in [6, 6.07) is 27.5. The Hall–Kier alpha value is -3.07. The molecule has 3 rings (SSSR count). The molecule has 0 aliphatic carbocycles. The first kappa shape index (κ1) is 18.7. The van der Waals surface area contributed by atoms with E-state index in [1.807, 2.05) is 65.6 Å². The second-order valence-electron chi connectivity index (χ2n) is 6.61. The molecule has 3 aromatic carbocycles. The second kappa shape index (κ2) is 8.54. The minimum atomic E-state index is -0.0593.